The third-order valence-electron chi connectivity index (χ3n) is 3.09. The summed E-state index contributed by atoms with van der Waals surface area (Å²) in [6, 6.07) is 14.4. The van der Waals surface area contributed by atoms with E-state index in [4.69, 9.17) is 9.52 Å². The molecule has 102 valence electrons. The molecule has 0 saturated heterocycles. The first-order chi connectivity index (χ1) is 9.38. The van der Waals surface area contributed by atoms with E-state index < -0.39 is 0 Å². The number of unbranched alkanes of at least 4 members (excludes halogenated alkanes) is 1. The van der Waals surface area contributed by atoms with Crippen LogP contribution in [0.25, 0.3) is 0 Å². The van der Waals surface area contributed by atoms with Crippen LogP contribution in [0.2, 0.25) is 0 Å². The number of aliphatic hydroxyl groups is 1. The Kier molecular flexibility index (Phi) is 5.66. The average molecular weight is 259 g/mol. The molecule has 0 aliphatic heterocycles. The van der Waals surface area contributed by atoms with E-state index in [1.54, 1.807) is 6.26 Å². The molecule has 0 aliphatic rings. The molecular formula is C16H21NO2. The van der Waals surface area contributed by atoms with Gasteiger partial charge in [-0.05, 0) is 37.1 Å². The number of aliphatic hydroxyl groups excluding tert-OH is 1. The van der Waals surface area contributed by atoms with Crippen LogP contribution in [-0.2, 0) is 13.1 Å². The highest BCUT2D eigenvalue weighted by atomic mass is 16.3. The average Bonchev–Trinajstić information content (AvgIpc) is 2.93. The molecule has 3 nitrogen and oxygen atoms in total. The largest absolute Gasteiger partial charge is 0.468 e. The summed E-state index contributed by atoms with van der Waals surface area (Å²) in [5, 5.41) is 8.89. The van der Waals surface area contributed by atoms with E-state index in [1.165, 1.54) is 5.56 Å². The lowest BCUT2D eigenvalue weighted by molar-refractivity contribution is 0.216. The molecule has 2 rings (SSSR count). The van der Waals surface area contributed by atoms with Crippen molar-refractivity contribution >= 4 is 0 Å². The maximum Gasteiger partial charge on any atom is 0.117 e. The molecule has 1 heterocycles. The second kappa shape index (κ2) is 7.77. The monoisotopic (exact) mass is 259 g/mol. The lowest BCUT2D eigenvalue weighted by Gasteiger charge is -2.21. The Morgan fingerprint density at radius 1 is 0.947 bits per heavy atom. The van der Waals surface area contributed by atoms with Gasteiger partial charge in [-0.1, -0.05) is 30.3 Å². The van der Waals surface area contributed by atoms with Crippen molar-refractivity contribution in [2.24, 2.45) is 0 Å². The summed E-state index contributed by atoms with van der Waals surface area (Å²) in [6.45, 7) is 2.95. The van der Waals surface area contributed by atoms with Crippen LogP contribution in [0.15, 0.2) is 53.1 Å². The number of hydrogen-bond donors (Lipinski definition) is 1. The van der Waals surface area contributed by atoms with E-state index in [-0.39, 0.29) is 6.61 Å². The highest BCUT2D eigenvalue weighted by Crippen LogP contribution is 2.11. The highest BCUT2D eigenvalue weighted by Gasteiger charge is 2.08. The fourth-order valence-electron chi connectivity index (χ4n) is 2.13. The van der Waals surface area contributed by atoms with Gasteiger partial charge in [0.1, 0.15) is 5.76 Å². The quantitative estimate of drug-likeness (QED) is 0.740. The second-order valence-corrected chi connectivity index (χ2v) is 4.71. The summed E-state index contributed by atoms with van der Waals surface area (Å²) in [5.74, 6) is 0.986. The van der Waals surface area contributed by atoms with Crippen molar-refractivity contribution in [1.29, 1.82) is 0 Å². The van der Waals surface area contributed by atoms with Crippen molar-refractivity contribution in [1.82, 2.24) is 4.90 Å². The molecule has 0 radical (unpaired) electrons. The van der Waals surface area contributed by atoms with Gasteiger partial charge < -0.3 is 9.52 Å². The van der Waals surface area contributed by atoms with Crippen LogP contribution in [0.3, 0.4) is 0 Å². The first kappa shape index (κ1) is 13.8. The molecule has 0 fully saturated rings. The Morgan fingerprint density at radius 2 is 1.79 bits per heavy atom. The van der Waals surface area contributed by atoms with Crippen LogP contribution < -0.4 is 0 Å². The van der Waals surface area contributed by atoms with E-state index in [0.717, 1.165) is 38.2 Å². The summed E-state index contributed by atoms with van der Waals surface area (Å²) in [4.78, 5) is 2.35. The van der Waals surface area contributed by atoms with Gasteiger partial charge in [0.15, 0.2) is 0 Å². The van der Waals surface area contributed by atoms with Gasteiger partial charge in [-0.15, -0.1) is 0 Å². The van der Waals surface area contributed by atoms with Crippen molar-refractivity contribution < 1.29 is 9.52 Å². The standard InChI is InChI=1S/C16H21NO2/c18-11-5-4-10-17(14-16-9-6-12-19-16)13-15-7-2-1-3-8-15/h1-3,6-9,12,18H,4-5,10-11,13-14H2. The molecule has 1 aromatic heterocycles. The molecule has 1 N–H and O–H groups in total. The van der Waals surface area contributed by atoms with Crippen molar-refractivity contribution in [2.75, 3.05) is 13.2 Å². The first-order valence-electron chi connectivity index (χ1n) is 6.78. The zero-order valence-corrected chi connectivity index (χ0v) is 11.2. The Hall–Kier alpha value is -1.58. The minimum absolute atomic E-state index is 0.264. The lowest BCUT2D eigenvalue weighted by Crippen LogP contribution is -2.24. The van der Waals surface area contributed by atoms with Crippen molar-refractivity contribution in [2.45, 2.75) is 25.9 Å². The maximum absolute atomic E-state index is 8.89. The fraction of sp³-hybridized carbons (Fsp3) is 0.375. The molecule has 0 spiro atoms. The summed E-state index contributed by atoms with van der Waals surface area (Å²) < 4.78 is 5.42. The third-order valence-corrected chi connectivity index (χ3v) is 3.09. The molecule has 3 heteroatoms. The van der Waals surface area contributed by atoms with Gasteiger partial charge in [-0.3, -0.25) is 4.90 Å². The van der Waals surface area contributed by atoms with Crippen LogP contribution in [0.5, 0.6) is 0 Å². The first-order valence-corrected chi connectivity index (χ1v) is 6.78. The molecule has 1 aromatic carbocycles. The maximum atomic E-state index is 8.89. The van der Waals surface area contributed by atoms with E-state index in [0.29, 0.717) is 0 Å². The number of rotatable bonds is 8. The number of nitrogens with zero attached hydrogens (tertiary/aromatic N) is 1. The van der Waals surface area contributed by atoms with E-state index in [2.05, 4.69) is 29.2 Å². The number of furan rings is 1. The molecular weight excluding hydrogens is 238 g/mol. The van der Waals surface area contributed by atoms with Crippen LogP contribution in [0, 0.1) is 0 Å². The molecule has 0 unspecified atom stereocenters. The Morgan fingerprint density at radius 3 is 2.47 bits per heavy atom. The molecule has 2 aromatic rings. The topological polar surface area (TPSA) is 36.6 Å². The smallest absolute Gasteiger partial charge is 0.117 e. The SMILES string of the molecule is OCCCCN(Cc1ccccc1)Cc1ccco1. The summed E-state index contributed by atoms with van der Waals surface area (Å²) in [6.07, 6.45) is 3.57. The zero-order chi connectivity index (χ0) is 13.3. The van der Waals surface area contributed by atoms with Crippen molar-refractivity contribution in [3.8, 4) is 0 Å². The number of hydrogen-bond acceptors (Lipinski definition) is 3. The van der Waals surface area contributed by atoms with E-state index in [9.17, 15) is 0 Å². The minimum Gasteiger partial charge on any atom is -0.468 e. The van der Waals surface area contributed by atoms with Crippen LogP contribution in [0.1, 0.15) is 24.2 Å². The van der Waals surface area contributed by atoms with Gasteiger partial charge in [0.2, 0.25) is 0 Å². The van der Waals surface area contributed by atoms with E-state index in [1.807, 2.05) is 18.2 Å². The predicted octanol–water partition coefficient (Wildman–Crippen LogP) is 3.05. The normalized spacial score (nSPS) is 11.1. The molecule has 19 heavy (non-hydrogen) atoms. The molecule has 0 amide bonds. The fourth-order valence-corrected chi connectivity index (χ4v) is 2.13. The lowest BCUT2D eigenvalue weighted by atomic mass is 10.2. The molecule has 0 aliphatic carbocycles. The van der Waals surface area contributed by atoms with Gasteiger partial charge in [0, 0.05) is 13.2 Å². The van der Waals surface area contributed by atoms with Gasteiger partial charge in [0.05, 0.1) is 12.8 Å². The molecule has 0 atom stereocenters. The minimum atomic E-state index is 0.264. The Labute approximate surface area is 114 Å². The predicted molar refractivity (Wildman–Crippen MR) is 75.6 cm³/mol. The number of benzene rings is 1. The van der Waals surface area contributed by atoms with Gasteiger partial charge in [-0.25, -0.2) is 0 Å². The Bertz CT molecular complexity index is 439. The van der Waals surface area contributed by atoms with Crippen LogP contribution in [-0.4, -0.2) is 23.2 Å². The highest BCUT2D eigenvalue weighted by molar-refractivity contribution is 5.14. The third kappa shape index (κ3) is 4.89. The van der Waals surface area contributed by atoms with Crippen LogP contribution in [0.4, 0.5) is 0 Å². The second-order valence-electron chi connectivity index (χ2n) is 4.71. The van der Waals surface area contributed by atoms with E-state index >= 15 is 0 Å². The van der Waals surface area contributed by atoms with Crippen molar-refractivity contribution in [3.05, 3.63) is 60.1 Å². The molecule has 0 saturated carbocycles. The van der Waals surface area contributed by atoms with Gasteiger partial charge >= 0.3 is 0 Å². The van der Waals surface area contributed by atoms with Gasteiger partial charge in [-0.2, -0.15) is 0 Å². The van der Waals surface area contributed by atoms with Crippen molar-refractivity contribution in [3.63, 3.8) is 0 Å². The van der Waals surface area contributed by atoms with Gasteiger partial charge in [0.25, 0.3) is 0 Å². The summed E-state index contributed by atoms with van der Waals surface area (Å²) in [5.41, 5.74) is 1.30. The Balaban J connectivity index is 1.93. The molecule has 0 bridgehead atoms. The zero-order valence-electron chi connectivity index (χ0n) is 11.2. The van der Waals surface area contributed by atoms with Crippen LogP contribution >= 0.6 is 0 Å². The summed E-state index contributed by atoms with van der Waals surface area (Å²) >= 11 is 0. The summed E-state index contributed by atoms with van der Waals surface area (Å²) in [7, 11) is 0.